The fourth-order valence-corrected chi connectivity index (χ4v) is 2.95. The van der Waals surface area contributed by atoms with Crippen molar-refractivity contribution in [2.75, 3.05) is 13.1 Å². The predicted octanol–water partition coefficient (Wildman–Crippen LogP) is 1.74. The van der Waals surface area contributed by atoms with Gasteiger partial charge in [0.15, 0.2) is 5.69 Å². The van der Waals surface area contributed by atoms with Crippen molar-refractivity contribution >= 4 is 5.91 Å². The number of likely N-dealkylation sites (tertiary alicyclic amines) is 1. The van der Waals surface area contributed by atoms with Crippen molar-refractivity contribution in [3.8, 4) is 11.6 Å². The smallest absolute Gasteiger partial charge is 0.276 e. The van der Waals surface area contributed by atoms with E-state index in [1.54, 1.807) is 23.2 Å². The van der Waals surface area contributed by atoms with Gasteiger partial charge in [0.05, 0.1) is 18.4 Å². The van der Waals surface area contributed by atoms with E-state index < -0.39 is 0 Å². The Balaban J connectivity index is 1.44. The summed E-state index contributed by atoms with van der Waals surface area (Å²) in [5.74, 6) is 0.335. The van der Waals surface area contributed by atoms with Gasteiger partial charge < -0.3 is 9.64 Å². The highest BCUT2D eigenvalue weighted by Crippen LogP contribution is 2.17. The number of benzene rings is 1. The second-order valence-corrected chi connectivity index (χ2v) is 6.05. The Morgan fingerprint density at radius 3 is 2.85 bits per heavy atom. The van der Waals surface area contributed by atoms with E-state index in [0.29, 0.717) is 24.7 Å². The minimum absolute atomic E-state index is 0.103. The van der Waals surface area contributed by atoms with Crippen molar-refractivity contribution in [1.29, 1.82) is 0 Å². The number of aromatic nitrogens is 5. The third-order valence-corrected chi connectivity index (χ3v) is 4.20. The SMILES string of the molecule is O=C(c1cnn(-c2ccccc2)n1)N1CCCC(Oc2cccnn2)C1. The second-order valence-electron chi connectivity index (χ2n) is 6.05. The van der Waals surface area contributed by atoms with Gasteiger partial charge in [-0.25, -0.2) is 0 Å². The first-order chi connectivity index (χ1) is 12.8. The quantitative estimate of drug-likeness (QED) is 0.712. The van der Waals surface area contributed by atoms with Crippen LogP contribution < -0.4 is 4.74 Å². The summed E-state index contributed by atoms with van der Waals surface area (Å²) in [5.41, 5.74) is 1.14. The van der Waals surface area contributed by atoms with Gasteiger partial charge in [0, 0.05) is 18.8 Å². The van der Waals surface area contributed by atoms with E-state index in [9.17, 15) is 4.79 Å². The lowest BCUT2D eigenvalue weighted by Crippen LogP contribution is -2.44. The van der Waals surface area contributed by atoms with Crippen LogP contribution in [-0.4, -0.2) is 55.2 Å². The molecule has 1 amide bonds. The lowest BCUT2D eigenvalue weighted by atomic mass is 10.1. The van der Waals surface area contributed by atoms with E-state index in [4.69, 9.17) is 4.74 Å². The number of para-hydroxylation sites is 1. The second kappa shape index (κ2) is 7.30. The summed E-state index contributed by atoms with van der Waals surface area (Å²) in [6.07, 6.45) is 4.73. The van der Waals surface area contributed by atoms with Crippen molar-refractivity contribution in [2.45, 2.75) is 18.9 Å². The van der Waals surface area contributed by atoms with Crippen LogP contribution >= 0.6 is 0 Å². The zero-order valence-electron chi connectivity index (χ0n) is 14.1. The number of nitrogens with zero attached hydrogens (tertiary/aromatic N) is 6. The summed E-state index contributed by atoms with van der Waals surface area (Å²) in [5, 5.41) is 16.3. The standard InChI is InChI=1S/C18H18N6O2/c25-18(16-12-20-24(22-16)14-6-2-1-3-7-14)23-11-5-8-15(13-23)26-17-9-4-10-19-21-17/h1-4,6-7,9-10,12,15H,5,8,11,13H2. The van der Waals surface area contributed by atoms with Crippen LogP contribution in [0.1, 0.15) is 23.3 Å². The van der Waals surface area contributed by atoms with Crippen molar-refractivity contribution < 1.29 is 9.53 Å². The number of hydrogen-bond acceptors (Lipinski definition) is 6. The number of rotatable bonds is 4. The molecule has 0 radical (unpaired) electrons. The van der Waals surface area contributed by atoms with E-state index in [2.05, 4.69) is 20.4 Å². The fraction of sp³-hybridized carbons (Fsp3) is 0.278. The molecular formula is C18H18N6O2. The third kappa shape index (κ3) is 3.53. The summed E-state index contributed by atoms with van der Waals surface area (Å²) in [6, 6.07) is 13.0. The molecule has 1 saturated heterocycles. The molecule has 1 aliphatic rings. The largest absolute Gasteiger partial charge is 0.471 e. The Kier molecular flexibility index (Phi) is 4.55. The molecule has 1 unspecified atom stereocenters. The molecule has 0 saturated carbocycles. The molecule has 1 aliphatic heterocycles. The predicted molar refractivity (Wildman–Crippen MR) is 92.9 cm³/mol. The molecule has 132 valence electrons. The maximum Gasteiger partial charge on any atom is 0.276 e. The number of hydrogen-bond donors (Lipinski definition) is 0. The lowest BCUT2D eigenvalue weighted by molar-refractivity contribution is 0.0520. The van der Waals surface area contributed by atoms with Crippen LogP contribution in [0.15, 0.2) is 54.9 Å². The molecule has 3 heterocycles. The van der Waals surface area contributed by atoms with E-state index >= 15 is 0 Å². The average molecular weight is 350 g/mol. The Morgan fingerprint density at radius 1 is 1.15 bits per heavy atom. The third-order valence-electron chi connectivity index (χ3n) is 4.20. The van der Waals surface area contributed by atoms with E-state index in [-0.39, 0.29) is 12.0 Å². The number of carbonyl (C=O) groups is 1. The number of amides is 1. The van der Waals surface area contributed by atoms with Gasteiger partial charge in [-0.1, -0.05) is 18.2 Å². The number of carbonyl (C=O) groups excluding carboxylic acids is 1. The molecule has 0 spiro atoms. The summed E-state index contributed by atoms with van der Waals surface area (Å²) in [7, 11) is 0. The minimum Gasteiger partial charge on any atom is -0.471 e. The van der Waals surface area contributed by atoms with Crippen molar-refractivity contribution in [1.82, 2.24) is 30.1 Å². The lowest BCUT2D eigenvalue weighted by Gasteiger charge is -2.32. The number of piperidine rings is 1. The summed E-state index contributed by atoms with van der Waals surface area (Å²) in [6.45, 7) is 1.17. The molecule has 8 nitrogen and oxygen atoms in total. The molecule has 1 atom stereocenters. The summed E-state index contributed by atoms with van der Waals surface area (Å²) >= 11 is 0. The Hall–Kier alpha value is -3.29. The Morgan fingerprint density at radius 2 is 2.04 bits per heavy atom. The highest BCUT2D eigenvalue weighted by atomic mass is 16.5. The van der Waals surface area contributed by atoms with Gasteiger partial charge in [-0.15, -0.1) is 10.2 Å². The first kappa shape index (κ1) is 16.2. The Labute approximate surface area is 150 Å². The maximum atomic E-state index is 12.8. The van der Waals surface area contributed by atoms with E-state index in [1.807, 2.05) is 30.3 Å². The van der Waals surface area contributed by atoms with Crippen LogP contribution in [0.25, 0.3) is 5.69 Å². The zero-order chi connectivity index (χ0) is 17.8. The maximum absolute atomic E-state index is 12.8. The van der Waals surface area contributed by atoms with Gasteiger partial charge in [-0.05, 0) is 31.0 Å². The monoisotopic (exact) mass is 350 g/mol. The van der Waals surface area contributed by atoms with Gasteiger partial charge in [0.1, 0.15) is 6.10 Å². The van der Waals surface area contributed by atoms with Gasteiger partial charge in [-0.2, -0.15) is 15.0 Å². The summed E-state index contributed by atoms with van der Waals surface area (Å²) in [4.78, 5) is 16.0. The molecule has 0 aliphatic carbocycles. The van der Waals surface area contributed by atoms with Crippen molar-refractivity contribution in [3.05, 3.63) is 60.6 Å². The van der Waals surface area contributed by atoms with Gasteiger partial charge in [0.25, 0.3) is 5.91 Å². The van der Waals surface area contributed by atoms with Crippen molar-refractivity contribution in [2.24, 2.45) is 0 Å². The summed E-state index contributed by atoms with van der Waals surface area (Å²) < 4.78 is 5.84. The van der Waals surface area contributed by atoms with Crippen molar-refractivity contribution in [3.63, 3.8) is 0 Å². The van der Waals surface area contributed by atoms with E-state index in [1.165, 1.54) is 11.0 Å². The fourth-order valence-electron chi connectivity index (χ4n) is 2.95. The van der Waals surface area contributed by atoms with Crippen LogP contribution in [0.4, 0.5) is 0 Å². The topological polar surface area (TPSA) is 86.0 Å². The van der Waals surface area contributed by atoms with Crippen LogP contribution in [0, 0.1) is 0 Å². The van der Waals surface area contributed by atoms with Gasteiger partial charge >= 0.3 is 0 Å². The molecule has 0 N–H and O–H groups in total. The Bertz CT molecular complexity index is 868. The van der Waals surface area contributed by atoms with Crippen LogP contribution in [0.5, 0.6) is 5.88 Å². The van der Waals surface area contributed by atoms with Crippen LogP contribution in [0.3, 0.4) is 0 Å². The molecule has 3 aromatic rings. The highest BCUT2D eigenvalue weighted by Gasteiger charge is 2.27. The molecule has 4 rings (SSSR count). The van der Waals surface area contributed by atoms with Gasteiger partial charge in [-0.3, -0.25) is 4.79 Å². The average Bonchev–Trinajstić information content (AvgIpc) is 3.19. The molecular weight excluding hydrogens is 332 g/mol. The molecule has 26 heavy (non-hydrogen) atoms. The zero-order valence-corrected chi connectivity index (χ0v) is 14.1. The van der Waals surface area contributed by atoms with Crippen LogP contribution in [-0.2, 0) is 0 Å². The number of ether oxygens (including phenoxy) is 1. The first-order valence-corrected chi connectivity index (χ1v) is 8.51. The van der Waals surface area contributed by atoms with E-state index in [0.717, 1.165) is 18.5 Å². The van der Waals surface area contributed by atoms with Gasteiger partial charge in [0.2, 0.25) is 5.88 Å². The highest BCUT2D eigenvalue weighted by molar-refractivity contribution is 5.92. The molecule has 0 bridgehead atoms. The molecule has 8 heteroatoms. The van der Waals surface area contributed by atoms with Crippen LogP contribution in [0.2, 0.25) is 0 Å². The molecule has 2 aromatic heterocycles. The minimum atomic E-state index is -0.139. The normalized spacial score (nSPS) is 17.1. The first-order valence-electron chi connectivity index (χ1n) is 8.51. The molecule has 1 aromatic carbocycles. The molecule has 1 fully saturated rings.